The lowest BCUT2D eigenvalue weighted by atomic mass is 9.83. The van der Waals surface area contributed by atoms with Crippen molar-refractivity contribution in [2.24, 2.45) is 5.92 Å². The second-order valence-corrected chi connectivity index (χ2v) is 5.25. The van der Waals surface area contributed by atoms with Gasteiger partial charge in [-0.2, -0.15) is 0 Å². The van der Waals surface area contributed by atoms with E-state index in [-0.39, 0.29) is 11.8 Å². The van der Waals surface area contributed by atoms with Crippen LogP contribution in [0.5, 0.6) is 5.75 Å². The summed E-state index contributed by atoms with van der Waals surface area (Å²) in [5.74, 6) is 0.364. The maximum Gasteiger partial charge on any atom is 0.573 e. The van der Waals surface area contributed by atoms with E-state index in [2.05, 4.69) is 17.0 Å². The number of para-hydroxylation sites is 2. The molecule has 5 heteroatoms. The van der Waals surface area contributed by atoms with E-state index in [0.717, 1.165) is 25.7 Å². The van der Waals surface area contributed by atoms with Gasteiger partial charge >= 0.3 is 6.36 Å². The zero-order valence-corrected chi connectivity index (χ0v) is 11.5. The second kappa shape index (κ2) is 6.37. The molecule has 0 aliphatic heterocycles. The van der Waals surface area contributed by atoms with Gasteiger partial charge < -0.3 is 10.1 Å². The number of halogens is 3. The molecule has 20 heavy (non-hydrogen) atoms. The van der Waals surface area contributed by atoms with Crippen LogP contribution in [-0.2, 0) is 0 Å². The van der Waals surface area contributed by atoms with Gasteiger partial charge in [0.25, 0.3) is 0 Å². The lowest BCUT2D eigenvalue weighted by Gasteiger charge is -2.32. The Kier molecular flexibility index (Phi) is 4.78. The van der Waals surface area contributed by atoms with Crippen molar-refractivity contribution in [2.75, 3.05) is 5.32 Å². The zero-order chi connectivity index (χ0) is 14.6. The molecule has 112 valence electrons. The second-order valence-electron chi connectivity index (χ2n) is 5.25. The summed E-state index contributed by atoms with van der Waals surface area (Å²) >= 11 is 0. The zero-order valence-electron chi connectivity index (χ0n) is 11.5. The van der Waals surface area contributed by atoms with Crippen LogP contribution < -0.4 is 10.1 Å². The normalized spacial score (nSPS) is 23.4. The van der Waals surface area contributed by atoms with Gasteiger partial charge in [0.15, 0.2) is 5.75 Å². The maximum atomic E-state index is 12.4. The Balaban J connectivity index is 2.12. The molecule has 1 aliphatic rings. The van der Waals surface area contributed by atoms with Gasteiger partial charge in [0.05, 0.1) is 5.69 Å². The molecule has 0 aromatic heterocycles. The molecule has 2 atom stereocenters. The molecule has 1 aromatic carbocycles. The van der Waals surface area contributed by atoms with Crippen molar-refractivity contribution >= 4 is 5.69 Å². The highest BCUT2D eigenvalue weighted by Crippen LogP contribution is 2.34. The Morgan fingerprint density at radius 2 is 1.90 bits per heavy atom. The quantitative estimate of drug-likeness (QED) is 0.844. The topological polar surface area (TPSA) is 21.3 Å². The first-order chi connectivity index (χ1) is 9.49. The molecule has 0 saturated heterocycles. The monoisotopic (exact) mass is 287 g/mol. The molecule has 1 aromatic rings. The van der Waals surface area contributed by atoms with E-state index in [9.17, 15) is 13.2 Å². The number of hydrogen-bond acceptors (Lipinski definition) is 2. The van der Waals surface area contributed by atoms with Gasteiger partial charge in [-0.3, -0.25) is 0 Å². The van der Waals surface area contributed by atoms with Crippen molar-refractivity contribution in [3.8, 4) is 5.75 Å². The molecular weight excluding hydrogens is 267 g/mol. The predicted molar refractivity (Wildman–Crippen MR) is 72.8 cm³/mol. The summed E-state index contributed by atoms with van der Waals surface area (Å²) in [6.45, 7) is 2.13. The molecule has 1 aliphatic carbocycles. The Morgan fingerprint density at radius 1 is 1.20 bits per heavy atom. The largest absolute Gasteiger partial charge is 0.573 e. The highest BCUT2D eigenvalue weighted by atomic mass is 19.4. The predicted octanol–water partition coefficient (Wildman–Crippen LogP) is 4.97. The van der Waals surface area contributed by atoms with E-state index in [1.54, 1.807) is 18.2 Å². The minimum atomic E-state index is -4.66. The van der Waals surface area contributed by atoms with Crippen LogP contribution in [0.15, 0.2) is 24.3 Å². The number of ether oxygens (including phenoxy) is 1. The van der Waals surface area contributed by atoms with Crippen molar-refractivity contribution in [3.05, 3.63) is 24.3 Å². The third-order valence-electron chi connectivity index (χ3n) is 3.89. The summed E-state index contributed by atoms with van der Waals surface area (Å²) in [7, 11) is 0. The average Bonchev–Trinajstić information content (AvgIpc) is 2.40. The molecule has 2 unspecified atom stereocenters. The fourth-order valence-corrected chi connectivity index (χ4v) is 2.89. The lowest BCUT2D eigenvalue weighted by Crippen LogP contribution is -2.32. The molecule has 0 bridgehead atoms. The van der Waals surface area contributed by atoms with Crippen molar-refractivity contribution < 1.29 is 17.9 Å². The molecule has 0 radical (unpaired) electrons. The van der Waals surface area contributed by atoms with E-state index < -0.39 is 6.36 Å². The maximum absolute atomic E-state index is 12.4. The number of hydrogen-bond donors (Lipinski definition) is 1. The first-order valence-electron chi connectivity index (χ1n) is 7.11. The summed E-state index contributed by atoms with van der Waals surface area (Å²) in [6.07, 6.45) is 0.845. The fourth-order valence-electron chi connectivity index (χ4n) is 2.89. The SMILES string of the molecule is CCC1CCCCC1Nc1ccccc1OC(F)(F)F. The van der Waals surface area contributed by atoms with Crippen LogP contribution in [0.4, 0.5) is 18.9 Å². The van der Waals surface area contributed by atoms with Crippen LogP contribution in [0.25, 0.3) is 0 Å². The molecule has 0 heterocycles. The van der Waals surface area contributed by atoms with Crippen LogP contribution in [0.2, 0.25) is 0 Å². The van der Waals surface area contributed by atoms with Crippen molar-refractivity contribution in [3.63, 3.8) is 0 Å². The number of benzene rings is 1. The summed E-state index contributed by atoms with van der Waals surface area (Å²) in [6, 6.07) is 6.48. The average molecular weight is 287 g/mol. The number of anilines is 1. The lowest BCUT2D eigenvalue weighted by molar-refractivity contribution is -0.274. The molecule has 1 fully saturated rings. The molecule has 1 saturated carbocycles. The van der Waals surface area contributed by atoms with Gasteiger partial charge in [-0.15, -0.1) is 13.2 Å². The van der Waals surface area contributed by atoms with Gasteiger partial charge in [0.2, 0.25) is 0 Å². The summed E-state index contributed by atoms with van der Waals surface area (Å²) < 4.78 is 41.3. The van der Waals surface area contributed by atoms with Crippen molar-refractivity contribution in [1.82, 2.24) is 0 Å². The first-order valence-corrected chi connectivity index (χ1v) is 7.11. The Labute approximate surface area is 117 Å². The van der Waals surface area contributed by atoms with Crippen LogP contribution in [-0.4, -0.2) is 12.4 Å². The molecule has 1 N–H and O–H groups in total. The third kappa shape index (κ3) is 4.05. The Morgan fingerprint density at radius 3 is 2.60 bits per heavy atom. The number of alkyl halides is 3. The van der Waals surface area contributed by atoms with Crippen molar-refractivity contribution in [2.45, 2.75) is 51.4 Å². The molecule has 2 rings (SSSR count). The van der Waals surface area contributed by atoms with Crippen molar-refractivity contribution in [1.29, 1.82) is 0 Å². The smallest absolute Gasteiger partial charge is 0.404 e. The molecule has 2 nitrogen and oxygen atoms in total. The van der Waals surface area contributed by atoms with Crippen LogP contribution in [0, 0.1) is 5.92 Å². The highest BCUT2D eigenvalue weighted by Gasteiger charge is 2.32. The molecule has 0 spiro atoms. The van der Waals surface area contributed by atoms with Gasteiger partial charge in [0, 0.05) is 6.04 Å². The van der Waals surface area contributed by atoms with E-state index in [1.807, 2.05) is 0 Å². The van der Waals surface area contributed by atoms with Gasteiger partial charge in [0.1, 0.15) is 0 Å². The molecular formula is C15H20F3NO. The van der Waals surface area contributed by atoms with E-state index in [0.29, 0.717) is 11.6 Å². The van der Waals surface area contributed by atoms with Crippen LogP contribution in [0.3, 0.4) is 0 Å². The summed E-state index contributed by atoms with van der Waals surface area (Å²) in [5.41, 5.74) is 0.426. The number of nitrogens with one attached hydrogen (secondary N) is 1. The number of rotatable bonds is 4. The summed E-state index contributed by atoms with van der Waals surface area (Å²) in [4.78, 5) is 0. The van der Waals surface area contributed by atoms with Gasteiger partial charge in [-0.05, 0) is 30.9 Å². The minimum absolute atomic E-state index is 0.152. The van der Waals surface area contributed by atoms with E-state index in [4.69, 9.17) is 0 Å². The van der Waals surface area contributed by atoms with Gasteiger partial charge in [-0.25, -0.2) is 0 Å². The standard InChI is InChI=1S/C15H20F3NO/c1-2-11-7-3-4-8-12(11)19-13-9-5-6-10-14(13)20-15(16,17)18/h5-6,9-12,19H,2-4,7-8H2,1H3. The molecule has 0 amide bonds. The fraction of sp³-hybridized carbons (Fsp3) is 0.600. The Bertz CT molecular complexity index is 433. The summed E-state index contributed by atoms with van der Waals surface area (Å²) in [5, 5.41) is 3.25. The first kappa shape index (κ1) is 15.0. The van der Waals surface area contributed by atoms with Crippen LogP contribution in [0.1, 0.15) is 39.0 Å². The third-order valence-corrected chi connectivity index (χ3v) is 3.89. The highest BCUT2D eigenvalue weighted by molar-refractivity contribution is 5.57. The van der Waals surface area contributed by atoms with Crippen LogP contribution >= 0.6 is 0 Å². The minimum Gasteiger partial charge on any atom is -0.404 e. The van der Waals surface area contributed by atoms with Gasteiger partial charge in [-0.1, -0.05) is 38.3 Å². The Hall–Kier alpha value is -1.39. The van der Waals surface area contributed by atoms with E-state index in [1.165, 1.54) is 12.5 Å². The van der Waals surface area contributed by atoms with E-state index >= 15 is 0 Å².